The SMILES string of the molecule is CC(=O)NC1CC2(CCN(CC3CC4C=CC3C4)CC2)c2ccccc21.CC(=O)NC1CC2(CCN(C[C@H]3C[C@H]4CCC3C4)CC2)c2ccccc21.CC(=O)N[C@@H]1CC2(CCN([C@H]3C[C@@H]4CC[C@@H]3C4)CC2)c2ccccc21.[HH].[HH].[HH].[HH]. The zero-order valence-electron chi connectivity index (χ0n) is 47.2. The Kier molecular flexibility index (Phi) is 14.4. The first-order chi connectivity index (χ1) is 37.4. The summed E-state index contributed by atoms with van der Waals surface area (Å²) in [6, 6.07) is 28.0. The fourth-order valence-electron chi connectivity index (χ4n) is 19.9. The lowest BCUT2D eigenvalue weighted by atomic mass is 9.73. The number of piperidine rings is 3. The average Bonchev–Trinajstić information content (AvgIpc) is 4.53. The summed E-state index contributed by atoms with van der Waals surface area (Å²) in [7, 11) is 0. The number of likely N-dealkylation sites (tertiary alicyclic amines) is 3. The Morgan fingerprint density at radius 1 is 0.481 bits per heavy atom. The molecule has 6 bridgehead atoms. The number of nitrogens with zero attached hydrogens (tertiary/aromatic N) is 3. The molecule has 420 valence electrons. The van der Waals surface area contributed by atoms with Crippen LogP contribution in [0.4, 0.5) is 0 Å². The van der Waals surface area contributed by atoms with Crippen LogP contribution >= 0.6 is 0 Å². The molecule has 3 aromatic rings. The molecule has 3 heterocycles. The van der Waals surface area contributed by atoms with Gasteiger partial charge in [0.05, 0.1) is 18.1 Å². The van der Waals surface area contributed by atoms with Crippen LogP contribution in [0.2, 0.25) is 0 Å². The Labute approximate surface area is 467 Å². The minimum absolute atomic E-state index is 0. The van der Waals surface area contributed by atoms with Crippen molar-refractivity contribution in [3.8, 4) is 0 Å². The summed E-state index contributed by atoms with van der Waals surface area (Å²) in [6.07, 6.45) is 30.5. The maximum Gasteiger partial charge on any atom is 0.217 e. The van der Waals surface area contributed by atoms with E-state index in [0.717, 1.165) is 72.6 Å². The van der Waals surface area contributed by atoms with Gasteiger partial charge >= 0.3 is 0 Å². The topological polar surface area (TPSA) is 97.0 Å². The first kappa shape index (κ1) is 52.1. The summed E-state index contributed by atoms with van der Waals surface area (Å²) in [5, 5.41) is 9.61. The normalized spacial score (nSPS) is 35.1. The number of amides is 3. The molecular weight excluding hydrogens is 949 g/mol. The lowest BCUT2D eigenvalue weighted by Gasteiger charge is -2.44. The highest BCUT2D eigenvalue weighted by Crippen LogP contribution is 2.56. The zero-order valence-corrected chi connectivity index (χ0v) is 47.2. The Balaban J connectivity index is 0.000000143. The van der Waals surface area contributed by atoms with Crippen LogP contribution in [0.3, 0.4) is 0 Å². The molecule has 3 saturated heterocycles. The van der Waals surface area contributed by atoms with E-state index in [-0.39, 0.29) is 57.8 Å². The van der Waals surface area contributed by atoms with Crippen molar-refractivity contribution < 1.29 is 20.1 Å². The second-order valence-electron chi connectivity index (χ2n) is 27.8. The molecule has 9 aliphatic carbocycles. The van der Waals surface area contributed by atoms with Crippen molar-refractivity contribution in [1.82, 2.24) is 30.7 Å². The molecule has 3 spiro atoms. The second-order valence-corrected chi connectivity index (χ2v) is 27.8. The third-order valence-corrected chi connectivity index (χ3v) is 23.5. The standard InChI is InChI=1S/C23H32N2O.C23H30N2O.C22H30N2O.4H2/c2*1-16(26)24-22-14-23(21-5-3-2-4-20(21)22)8-10-25(11-9-23)15-19-13-17-6-7-18(19)12-17;1-15(25)23-20-14-22(19-5-3-2-4-18(19)20)8-10-24(11-9-22)21-13-16-6-7-17(21)12-16;;;;/h2-5,17-19,22H,6-15H2,1H3,(H,24,26);2-7,17-19,22H,8-15H2,1H3,(H,24,26);2-5,16-17,20-21H,6-14H2,1H3,(H,23,25);4*1H/t17-,18?,19+,22?;;16-,17-,20-,21+;;;;/m0.1..../s1. The van der Waals surface area contributed by atoms with Crippen molar-refractivity contribution in [3.63, 3.8) is 0 Å². The Morgan fingerprint density at radius 3 is 1.29 bits per heavy atom. The van der Waals surface area contributed by atoms with E-state index in [0.29, 0.717) is 0 Å². The van der Waals surface area contributed by atoms with Crippen LogP contribution in [0, 0.1) is 47.3 Å². The molecule has 3 aromatic carbocycles. The van der Waals surface area contributed by atoms with Crippen LogP contribution in [0.25, 0.3) is 0 Å². The molecule has 77 heavy (non-hydrogen) atoms. The number of carbonyl (C=O) groups excluding carboxylic acids is 3. The molecule has 9 heteroatoms. The minimum atomic E-state index is 0. The predicted octanol–water partition coefficient (Wildman–Crippen LogP) is 12.6. The van der Waals surface area contributed by atoms with E-state index in [1.807, 2.05) is 0 Å². The highest BCUT2D eigenvalue weighted by molar-refractivity contribution is 5.75. The summed E-state index contributed by atoms with van der Waals surface area (Å²) in [4.78, 5) is 43.3. The van der Waals surface area contributed by atoms with Gasteiger partial charge < -0.3 is 30.7 Å². The molecule has 15 rings (SSSR count). The van der Waals surface area contributed by atoms with E-state index in [2.05, 4.69) is 116 Å². The van der Waals surface area contributed by atoms with Crippen LogP contribution in [-0.2, 0) is 30.6 Å². The largest absolute Gasteiger partial charge is 0.349 e. The third kappa shape index (κ3) is 10.2. The highest BCUT2D eigenvalue weighted by Gasteiger charge is 2.51. The number of rotatable bonds is 8. The number of nitrogens with one attached hydrogen (secondary N) is 3. The summed E-state index contributed by atoms with van der Waals surface area (Å²) >= 11 is 0. The molecule has 8 fully saturated rings. The molecule has 5 saturated carbocycles. The minimum Gasteiger partial charge on any atom is -0.349 e. The van der Waals surface area contributed by atoms with Crippen LogP contribution in [0.15, 0.2) is 84.9 Å². The fourth-order valence-corrected chi connectivity index (χ4v) is 19.9. The molecule has 3 aliphatic heterocycles. The molecule has 9 nitrogen and oxygen atoms in total. The van der Waals surface area contributed by atoms with Crippen molar-refractivity contribution >= 4 is 17.7 Å². The first-order valence-corrected chi connectivity index (χ1v) is 31.4. The maximum atomic E-state index is 11.7. The molecule has 3 amide bonds. The van der Waals surface area contributed by atoms with E-state index in [9.17, 15) is 14.4 Å². The second kappa shape index (κ2) is 21.3. The van der Waals surface area contributed by atoms with Gasteiger partial charge in [0.1, 0.15) is 0 Å². The smallest absolute Gasteiger partial charge is 0.217 e. The van der Waals surface area contributed by atoms with Crippen LogP contribution in [0.5, 0.6) is 0 Å². The van der Waals surface area contributed by atoms with Crippen molar-refractivity contribution in [3.05, 3.63) is 118 Å². The zero-order chi connectivity index (χ0) is 52.5. The molecule has 3 N–H and O–H groups in total. The van der Waals surface area contributed by atoms with Crippen LogP contribution < -0.4 is 16.0 Å². The lowest BCUT2D eigenvalue weighted by molar-refractivity contribution is -0.120. The van der Waals surface area contributed by atoms with Crippen LogP contribution in [-0.4, -0.2) is 90.8 Å². The van der Waals surface area contributed by atoms with Gasteiger partial charge in [-0.15, -0.1) is 0 Å². The molecule has 0 radical (unpaired) electrons. The van der Waals surface area contributed by atoms with Gasteiger partial charge in [0.15, 0.2) is 0 Å². The highest BCUT2D eigenvalue weighted by atomic mass is 16.2. The van der Waals surface area contributed by atoms with Gasteiger partial charge in [-0.2, -0.15) is 0 Å². The molecule has 12 atom stereocenters. The predicted molar refractivity (Wildman–Crippen MR) is 316 cm³/mol. The van der Waals surface area contributed by atoms with E-state index in [4.69, 9.17) is 0 Å². The van der Waals surface area contributed by atoms with Crippen molar-refractivity contribution in [1.29, 1.82) is 0 Å². The third-order valence-electron chi connectivity index (χ3n) is 23.5. The number of benzene rings is 3. The van der Waals surface area contributed by atoms with E-state index < -0.39 is 0 Å². The Hall–Kier alpha value is -4.31. The van der Waals surface area contributed by atoms with Gasteiger partial charge in [0.25, 0.3) is 0 Å². The van der Waals surface area contributed by atoms with Gasteiger partial charge in [-0.3, -0.25) is 14.4 Å². The number of fused-ring (bicyclic) bond motifs is 12. The molecule has 6 unspecified atom stereocenters. The lowest BCUT2D eigenvalue weighted by Crippen LogP contribution is -2.48. The van der Waals surface area contributed by atoms with Gasteiger partial charge in [0, 0.05) is 61.9 Å². The summed E-state index contributed by atoms with van der Waals surface area (Å²) in [6.45, 7) is 14.9. The van der Waals surface area contributed by atoms with Crippen molar-refractivity contribution in [2.24, 2.45) is 47.3 Å². The van der Waals surface area contributed by atoms with Gasteiger partial charge in [-0.25, -0.2) is 0 Å². The van der Waals surface area contributed by atoms with Crippen LogP contribution in [0.1, 0.15) is 200 Å². The monoisotopic (exact) mass is 1050 g/mol. The molecular formula is C68H100N6O3. The molecule has 12 aliphatic rings. The van der Waals surface area contributed by atoms with Crippen molar-refractivity contribution in [2.45, 2.75) is 183 Å². The van der Waals surface area contributed by atoms with Crippen molar-refractivity contribution in [2.75, 3.05) is 52.4 Å². The summed E-state index contributed by atoms with van der Waals surface area (Å²) < 4.78 is 0. The Morgan fingerprint density at radius 2 is 0.909 bits per heavy atom. The average molecular weight is 1050 g/mol. The number of hydrogen-bond acceptors (Lipinski definition) is 6. The summed E-state index contributed by atoms with van der Waals surface area (Å²) in [5.41, 5.74) is 9.47. The maximum absolute atomic E-state index is 11.7. The molecule has 0 aromatic heterocycles. The van der Waals surface area contributed by atoms with Gasteiger partial charge in [0.2, 0.25) is 17.7 Å². The first-order valence-electron chi connectivity index (χ1n) is 31.4. The number of allylic oxidation sites excluding steroid dienone is 2. The number of carbonyl (C=O) groups is 3. The van der Waals surface area contributed by atoms with E-state index >= 15 is 0 Å². The van der Waals surface area contributed by atoms with Gasteiger partial charge in [-0.05, 0) is 229 Å². The van der Waals surface area contributed by atoms with Gasteiger partial charge in [-0.1, -0.05) is 97.8 Å². The quantitative estimate of drug-likeness (QED) is 0.195. The Bertz CT molecular complexity index is 2700. The fraction of sp³-hybridized carbons (Fsp3) is 0.662. The number of hydrogen-bond donors (Lipinski definition) is 3. The summed E-state index contributed by atoms with van der Waals surface area (Å²) in [5.74, 6) is 7.98. The van der Waals surface area contributed by atoms with E-state index in [1.165, 1.54) is 188 Å². The van der Waals surface area contributed by atoms with E-state index in [1.54, 1.807) is 20.8 Å².